The first-order valence-electron chi connectivity index (χ1n) is 8.40. The minimum Gasteiger partial charge on any atom is -0.487 e. The van der Waals surface area contributed by atoms with Gasteiger partial charge < -0.3 is 4.74 Å². The second-order valence-corrected chi connectivity index (χ2v) is 8.48. The maximum absolute atomic E-state index is 6.08. The second kappa shape index (κ2) is 9.05. The zero-order valence-corrected chi connectivity index (χ0v) is 18.9. The van der Waals surface area contributed by atoms with Gasteiger partial charge in [-0.05, 0) is 71.2 Å². The van der Waals surface area contributed by atoms with Crippen LogP contribution in [0.15, 0.2) is 68.5 Å². The van der Waals surface area contributed by atoms with Crippen molar-refractivity contribution >= 4 is 55.4 Å². The Bertz CT molecular complexity index is 1000. The first kappa shape index (κ1) is 20.1. The molecule has 3 rings (SSSR count). The van der Waals surface area contributed by atoms with Gasteiger partial charge in [0.2, 0.25) is 0 Å². The van der Waals surface area contributed by atoms with Crippen LogP contribution in [-0.2, 0) is 6.61 Å². The van der Waals surface area contributed by atoms with Crippen LogP contribution in [0.2, 0.25) is 5.02 Å². The molecule has 0 unspecified atom stereocenters. The van der Waals surface area contributed by atoms with Gasteiger partial charge in [0.25, 0.3) is 0 Å². The molecule has 0 saturated heterocycles. The van der Waals surface area contributed by atoms with Crippen molar-refractivity contribution in [2.45, 2.75) is 20.5 Å². The molecule has 0 bridgehead atoms. The molecule has 0 aliphatic carbocycles. The summed E-state index contributed by atoms with van der Waals surface area (Å²) in [6.07, 6.45) is 1.83. The third-order valence-electron chi connectivity index (χ3n) is 4.00. The Kier molecular flexibility index (Phi) is 6.74. The van der Waals surface area contributed by atoms with Crippen LogP contribution in [0.4, 0.5) is 5.69 Å². The molecule has 5 heteroatoms. The number of ether oxygens (including phenoxy) is 1. The molecule has 0 fully saturated rings. The largest absolute Gasteiger partial charge is 0.487 e. The van der Waals surface area contributed by atoms with E-state index in [2.05, 4.69) is 62.8 Å². The fourth-order valence-corrected chi connectivity index (χ4v) is 4.29. The Morgan fingerprint density at radius 2 is 1.85 bits per heavy atom. The van der Waals surface area contributed by atoms with E-state index < -0.39 is 0 Å². The molecule has 27 heavy (non-hydrogen) atoms. The fourth-order valence-electron chi connectivity index (χ4n) is 2.70. The quantitative estimate of drug-likeness (QED) is 0.323. The van der Waals surface area contributed by atoms with Gasteiger partial charge in [0.1, 0.15) is 12.4 Å². The molecule has 0 spiro atoms. The standard InChI is InChI=1S/C22H18Br2ClNO/c1-14-6-7-21(15(2)8-14)26-12-17-10-18(23)11-20(24)22(17)27-13-16-4-3-5-19(25)9-16/h3-12H,13H2,1-2H3. The smallest absolute Gasteiger partial charge is 0.142 e. The van der Waals surface area contributed by atoms with Crippen LogP contribution in [-0.4, -0.2) is 6.21 Å². The minimum absolute atomic E-state index is 0.422. The van der Waals surface area contributed by atoms with Gasteiger partial charge in [0.05, 0.1) is 10.2 Å². The van der Waals surface area contributed by atoms with Gasteiger partial charge >= 0.3 is 0 Å². The molecule has 0 aliphatic heterocycles. The van der Waals surface area contributed by atoms with Crippen molar-refractivity contribution in [2.24, 2.45) is 4.99 Å². The van der Waals surface area contributed by atoms with Crippen molar-refractivity contribution in [1.82, 2.24) is 0 Å². The molecule has 0 N–H and O–H groups in total. The zero-order valence-electron chi connectivity index (χ0n) is 15.0. The topological polar surface area (TPSA) is 21.6 Å². The van der Waals surface area contributed by atoms with Gasteiger partial charge in [-0.3, -0.25) is 4.99 Å². The summed E-state index contributed by atoms with van der Waals surface area (Å²) in [5.41, 5.74) is 5.20. The monoisotopic (exact) mass is 505 g/mol. The summed E-state index contributed by atoms with van der Waals surface area (Å²) < 4.78 is 7.90. The number of hydrogen-bond acceptors (Lipinski definition) is 2. The molecule has 0 saturated carbocycles. The Balaban J connectivity index is 1.89. The number of halogens is 3. The van der Waals surface area contributed by atoms with E-state index in [9.17, 15) is 0 Å². The minimum atomic E-state index is 0.422. The Labute approximate surface area is 181 Å². The summed E-state index contributed by atoms with van der Waals surface area (Å²) in [5, 5.41) is 0.697. The van der Waals surface area contributed by atoms with Crippen LogP contribution in [0.3, 0.4) is 0 Å². The molecule has 0 heterocycles. The number of hydrogen-bond donors (Lipinski definition) is 0. The van der Waals surface area contributed by atoms with E-state index in [1.807, 2.05) is 48.7 Å². The summed E-state index contributed by atoms with van der Waals surface area (Å²) in [4.78, 5) is 4.66. The second-order valence-electron chi connectivity index (χ2n) is 6.27. The van der Waals surface area contributed by atoms with Crippen molar-refractivity contribution < 1.29 is 4.74 Å². The first-order valence-corrected chi connectivity index (χ1v) is 10.4. The Morgan fingerprint density at radius 3 is 2.59 bits per heavy atom. The van der Waals surface area contributed by atoms with Gasteiger partial charge in [-0.1, -0.05) is 57.4 Å². The highest BCUT2D eigenvalue weighted by Crippen LogP contribution is 2.33. The molecule has 0 radical (unpaired) electrons. The predicted octanol–water partition coefficient (Wildman–Crippen LogP) is 7.81. The maximum atomic E-state index is 6.08. The molecular weight excluding hydrogens is 490 g/mol. The number of benzene rings is 3. The molecule has 0 aliphatic rings. The van der Waals surface area contributed by atoms with Crippen molar-refractivity contribution in [3.63, 3.8) is 0 Å². The lowest BCUT2D eigenvalue weighted by atomic mass is 10.1. The summed E-state index contributed by atoms with van der Waals surface area (Å²) in [7, 11) is 0. The lowest BCUT2D eigenvalue weighted by Crippen LogP contribution is -1.99. The van der Waals surface area contributed by atoms with Crippen molar-refractivity contribution in [2.75, 3.05) is 0 Å². The predicted molar refractivity (Wildman–Crippen MR) is 121 cm³/mol. The average Bonchev–Trinajstić information content (AvgIpc) is 2.60. The number of aryl methyl sites for hydroxylation is 2. The normalized spacial score (nSPS) is 11.1. The van der Waals surface area contributed by atoms with Crippen LogP contribution in [0.25, 0.3) is 0 Å². The molecule has 0 amide bonds. The molecule has 3 aromatic carbocycles. The fraction of sp³-hybridized carbons (Fsp3) is 0.136. The van der Waals surface area contributed by atoms with Crippen LogP contribution in [0, 0.1) is 13.8 Å². The highest BCUT2D eigenvalue weighted by Gasteiger charge is 2.10. The lowest BCUT2D eigenvalue weighted by molar-refractivity contribution is 0.304. The van der Waals surface area contributed by atoms with E-state index in [0.29, 0.717) is 11.6 Å². The molecule has 2 nitrogen and oxygen atoms in total. The third-order valence-corrected chi connectivity index (χ3v) is 5.29. The van der Waals surface area contributed by atoms with E-state index in [1.54, 1.807) is 0 Å². The maximum Gasteiger partial charge on any atom is 0.142 e. The first-order chi connectivity index (χ1) is 12.9. The molecule has 3 aromatic rings. The number of aliphatic imine (C=N–C) groups is 1. The van der Waals surface area contributed by atoms with Gasteiger partial charge in [-0.25, -0.2) is 0 Å². The molecule has 0 atom stereocenters. The van der Waals surface area contributed by atoms with Crippen LogP contribution < -0.4 is 4.74 Å². The summed E-state index contributed by atoms with van der Waals surface area (Å²) >= 11 is 13.2. The highest BCUT2D eigenvalue weighted by atomic mass is 79.9. The molecule has 138 valence electrons. The van der Waals surface area contributed by atoms with Gasteiger partial charge in [0.15, 0.2) is 0 Å². The van der Waals surface area contributed by atoms with Gasteiger partial charge in [-0.15, -0.1) is 0 Å². The lowest BCUT2D eigenvalue weighted by Gasteiger charge is -2.12. The van der Waals surface area contributed by atoms with Crippen molar-refractivity contribution in [3.8, 4) is 5.75 Å². The Hall–Kier alpha value is -1.62. The van der Waals surface area contributed by atoms with Crippen molar-refractivity contribution in [1.29, 1.82) is 0 Å². The third kappa shape index (κ3) is 5.44. The summed E-state index contributed by atoms with van der Waals surface area (Å²) in [6, 6.07) is 17.8. The van der Waals surface area contributed by atoms with Crippen LogP contribution in [0.5, 0.6) is 5.75 Å². The highest BCUT2D eigenvalue weighted by molar-refractivity contribution is 9.11. The summed E-state index contributed by atoms with van der Waals surface area (Å²) in [6.45, 7) is 4.56. The van der Waals surface area contributed by atoms with Crippen LogP contribution in [0.1, 0.15) is 22.3 Å². The zero-order chi connectivity index (χ0) is 19.4. The van der Waals surface area contributed by atoms with E-state index in [0.717, 1.165) is 37.1 Å². The van der Waals surface area contributed by atoms with Crippen LogP contribution >= 0.6 is 43.5 Å². The molecular formula is C22H18Br2ClNO. The Morgan fingerprint density at radius 1 is 1.04 bits per heavy atom. The van der Waals surface area contributed by atoms with E-state index in [4.69, 9.17) is 16.3 Å². The summed E-state index contributed by atoms with van der Waals surface area (Å²) in [5.74, 6) is 0.742. The van der Waals surface area contributed by atoms with E-state index in [-0.39, 0.29) is 0 Å². The van der Waals surface area contributed by atoms with Gasteiger partial charge in [0, 0.05) is 21.3 Å². The van der Waals surface area contributed by atoms with E-state index in [1.165, 1.54) is 5.56 Å². The van der Waals surface area contributed by atoms with E-state index >= 15 is 0 Å². The van der Waals surface area contributed by atoms with Gasteiger partial charge in [-0.2, -0.15) is 0 Å². The average molecular weight is 508 g/mol. The van der Waals surface area contributed by atoms with Crippen molar-refractivity contribution in [3.05, 3.63) is 90.8 Å². The number of nitrogens with zero attached hydrogens (tertiary/aromatic N) is 1. The SMILES string of the molecule is Cc1ccc(N=Cc2cc(Br)cc(Br)c2OCc2cccc(Cl)c2)c(C)c1. The molecule has 0 aromatic heterocycles. The number of rotatable bonds is 5.